The number of aryl methyl sites for hydroxylation is 1. The van der Waals surface area contributed by atoms with E-state index in [1.165, 1.54) is 0 Å². The second kappa shape index (κ2) is 4.89. The zero-order chi connectivity index (χ0) is 13.2. The van der Waals surface area contributed by atoms with Crippen molar-refractivity contribution in [3.63, 3.8) is 0 Å². The Labute approximate surface area is 115 Å². The minimum atomic E-state index is 0.774. The molecule has 0 saturated carbocycles. The van der Waals surface area contributed by atoms with Gasteiger partial charge in [0.25, 0.3) is 0 Å². The van der Waals surface area contributed by atoms with Crippen LogP contribution < -0.4 is 11.1 Å². The minimum absolute atomic E-state index is 0.774. The van der Waals surface area contributed by atoms with Gasteiger partial charge in [-0.25, -0.2) is 9.97 Å². The van der Waals surface area contributed by atoms with Crippen LogP contribution in [0.15, 0.2) is 30.6 Å². The molecule has 98 valence electrons. The minimum Gasteiger partial charge on any atom is -0.399 e. The molecule has 0 aliphatic carbocycles. The second-order valence-corrected chi connectivity index (χ2v) is 5.41. The Morgan fingerprint density at radius 2 is 2.32 bits per heavy atom. The fraction of sp³-hybridized carbons (Fsp3) is 0.231. The number of nitrogens with two attached hydrogens (primary N) is 1. The highest BCUT2D eigenvalue weighted by Crippen LogP contribution is 2.27. The Balaban J connectivity index is 1.67. The topological polar surface area (TPSA) is 68.8 Å². The Morgan fingerprint density at radius 3 is 3.11 bits per heavy atom. The number of nitrogen functional groups attached to an aromatic ring is 1. The van der Waals surface area contributed by atoms with E-state index in [9.17, 15) is 0 Å². The zero-order valence-corrected chi connectivity index (χ0v) is 11.4. The summed E-state index contributed by atoms with van der Waals surface area (Å²) in [5, 5.41) is 4.26. The molecule has 0 unspecified atom stereocenters. The fourth-order valence-electron chi connectivity index (χ4n) is 1.94. The molecular weight excluding hydrogens is 258 g/mol. The summed E-state index contributed by atoms with van der Waals surface area (Å²) in [6.07, 6.45) is 4.65. The fourth-order valence-corrected chi connectivity index (χ4v) is 2.88. The lowest BCUT2D eigenvalue weighted by molar-refractivity contribution is 0.789. The Hall–Kier alpha value is -2.08. The number of rotatable bonds is 4. The van der Waals surface area contributed by atoms with E-state index < -0.39 is 0 Å². The molecule has 6 heteroatoms. The van der Waals surface area contributed by atoms with Gasteiger partial charge in [-0.2, -0.15) is 0 Å². The molecule has 2 aromatic heterocycles. The summed E-state index contributed by atoms with van der Waals surface area (Å²) >= 11 is 1.62. The van der Waals surface area contributed by atoms with Crippen LogP contribution in [0.4, 0.5) is 10.8 Å². The summed E-state index contributed by atoms with van der Waals surface area (Å²) < 4.78 is 3.14. The van der Waals surface area contributed by atoms with Gasteiger partial charge in [-0.15, -0.1) is 0 Å². The van der Waals surface area contributed by atoms with Crippen molar-refractivity contribution in [2.75, 3.05) is 17.6 Å². The lowest BCUT2D eigenvalue weighted by Crippen LogP contribution is -2.08. The number of anilines is 2. The average molecular weight is 273 g/mol. The predicted molar refractivity (Wildman–Crippen MR) is 79.4 cm³/mol. The van der Waals surface area contributed by atoms with Gasteiger partial charge >= 0.3 is 0 Å². The molecule has 3 aromatic rings. The predicted octanol–water partition coefficient (Wildman–Crippen LogP) is 2.27. The van der Waals surface area contributed by atoms with Crippen LogP contribution in [0.5, 0.6) is 0 Å². The number of imidazole rings is 1. The van der Waals surface area contributed by atoms with Gasteiger partial charge in [0.15, 0.2) is 5.13 Å². The summed E-state index contributed by atoms with van der Waals surface area (Å²) in [4.78, 5) is 8.81. The van der Waals surface area contributed by atoms with E-state index in [0.29, 0.717) is 0 Å². The molecule has 0 bridgehead atoms. The summed E-state index contributed by atoms with van der Waals surface area (Å²) in [5.74, 6) is 1.07. The van der Waals surface area contributed by atoms with Crippen molar-refractivity contribution >= 4 is 32.4 Å². The Bertz CT molecular complexity index is 700. The highest BCUT2D eigenvalue weighted by Gasteiger charge is 2.04. The molecule has 0 radical (unpaired) electrons. The van der Waals surface area contributed by atoms with Gasteiger partial charge in [0.2, 0.25) is 0 Å². The van der Waals surface area contributed by atoms with Gasteiger partial charge in [0.1, 0.15) is 5.82 Å². The highest BCUT2D eigenvalue weighted by molar-refractivity contribution is 7.22. The van der Waals surface area contributed by atoms with E-state index >= 15 is 0 Å². The van der Waals surface area contributed by atoms with Crippen LogP contribution in [0.1, 0.15) is 5.82 Å². The number of hydrogen-bond donors (Lipinski definition) is 2. The maximum atomic E-state index is 5.76. The van der Waals surface area contributed by atoms with E-state index in [0.717, 1.165) is 39.8 Å². The zero-order valence-electron chi connectivity index (χ0n) is 10.6. The van der Waals surface area contributed by atoms with Gasteiger partial charge in [-0.3, -0.25) is 0 Å². The van der Waals surface area contributed by atoms with Crippen LogP contribution in [0.3, 0.4) is 0 Å². The number of aromatic nitrogens is 3. The smallest absolute Gasteiger partial charge is 0.183 e. The second-order valence-electron chi connectivity index (χ2n) is 4.38. The van der Waals surface area contributed by atoms with Crippen LogP contribution in [0.2, 0.25) is 0 Å². The van der Waals surface area contributed by atoms with Gasteiger partial charge in [-0.05, 0) is 18.2 Å². The third-order valence-corrected chi connectivity index (χ3v) is 3.93. The first-order valence-electron chi connectivity index (χ1n) is 6.08. The number of fused-ring (bicyclic) bond motifs is 1. The van der Waals surface area contributed by atoms with E-state index in [1.807, 2.05) is 42.2 Å². The van der Waals surface area contributed by atoms with E-state index in [1.54, 1.807) is 11.3 Å². The van der Waals surface area contributed by atoms with Gasteiger partial charge in [-0.1, -0.05) is 11.3 Å². The average Bonchev–Trinajstić information content (AvgIpc) is 2.95. The van der Waals surface area contributed by atoms with Crippen molar-refractivity contribution in [2.24, 2.45) is 7.05 Å². The van der Waals surface area contributed by atoms with Crippen LogP contribution in [-0.2, 0) is 13.5 Å². The van der Waals surface area contributed by atoms with Crippen molar-refractivity contribution in [3.8, 4) is 0 Å². The largest absolute Gasteiger partial charge is 0.399 e. The molecule has 19 heavy (non-hydrogen) atoms. The quantitative estimate of drug-likeness (QED) is 0.715. The number of thiazole rings is 1. The normalized spacial score (nSPS) is 11.0. The molecule has 5 nitrogen and oxygen atoms in total. The van der Waals surface area contributed by atoms with E-state index in [4.69, 9.17) is 5.73 Å². The van der Waals surface area contributed by atoms with Crippen molar-refractivity contribution in [1.29, 1.82) is 0 Å². The summed E-state index contributed by atoms with van der Waals surface area (Å²) in [7, 11) is 2.00. The summed E-state index contributed by atoms with van der Waals surface area (Å²) in [5.41, 5.74) is 7.52. The van der Waals surface area contributed by atoms with Crippen molar-refractivity contribution in [2.45, 2.75) is 6.42 Å². The SMILES string of the molecule is Cn1ccnc1CCNc1nc2ccc(N)cc2s1. The summed E-state index contributed by atoms with van der Waals surface area (Å²) in [6.45, 7) is 0.820. The molecule has 0 fully saturated rings. The molecule has 0 aliphatic rings. The third-order valence-electron chi connectivity index (χ3n) is 2.96. The maximum absolute atomic E-state index is 5.76. The van der Waals surface area contributed by atoms with Gasteiger partial charge < -0.3 is 15.6 Å². The lowest BCUT2D eigenvalue weighted by Gasteiger charge is -2.02. The van der Waals surface area contributed by atoms with Crippen LogP contribution in [-0.4, -0.2) is 21.1 Å². The van der Waals surface area contributed by atoms with Crippen molar-refractivity contribution < 1.29 is 0 Å². The molecule has 1 aromatic carbocycles. The monoisotopic (exact) mass is 273 g/mol. The van der Waals surface area contributed by atoms with Crippen LogP contribution >= 0.6 is 11.3 Å². The molecule has 0 aliphatic heterocycles. The molecule has 0 spiro atoms. The number of nitrogens with zero attached hydrogens (tertiary/aromatic N) is 3. The van der Waals surface area contributed by atoms with Gasteiger partial charge in [0.05, 0.1) is 10.2 Å². The van der Waals surface area contributed by atoms with E-state index in [-0.39, 0.29) is 0 Å². The maximum Gasteiger partial charge on any atom is 0.183 e. The molecule has 3 N–H and O–H groups in total. The van der Waals surface area contributed by atoms with Gasteiger partial charge in [0, 0.05) is 38.1 Å². The molecular formula is C13H15N5S. The standard InChI is InChI=1S/C13H15N5S/c1-18-7-6-15-12(18)4-5-16-13-17-10-3-2-9(14)8-11(10)19-13/h2-3,6-8H,4-5,14H2,1H3,(H,16,17). The van der Waals surface area contributed by atoms with Crippen LogP contribution in [0, 0.1) is 0 Å². The van der Waals surface area contributed by atoms with E-state index in [2.05, 4.69) is 15.3 Å². The third kappa shape index (κ3) is 2.53. The van der Waals surface area contributed by atoms with Crippen molar-refractivity contribution in [3.05, 3.63) is 36.4 Å². The molecule has 0 amide bonds. The number of hydrogen-bond acceptors (Lipinski definition) is 5. The van der Waals surface area contributed by atoms with Crippen molar-refractivity contribution in [1.82, 2.24) is 14.5 Å². The molecule has 0 atom stereocenters. The lowest BCUT2D eigenvalue weighted by atomic mass is 10.3. The highest BCUT2D eigenvalue weighted by atomic mass is 32.1. The molecule has 3 rings (SSSR count). The molecule has 2 heterocycles. The first-order chi connectivity index (χ1) is 9.22. The number of benzene rings is 1. The molecule has 0 saturated heterocycles. The first-order valence-corrected chi connectivity index (χ1v) is 6.90. The summed E-state index contributed by atoms with van der Waals surface area (Å²) in [6, 6.07) is 5.78. The Kier molecular flexibility index (Phi) is 3.08. The number of nitrogens with one attached hydrogen (secondary N) is 1. The first kappa shape index (κ1) is 12.0. The Morgan fingerprint density at radius 1 is 1.42 bits per heavy atom. The van der Waals surface area contributed by atoms with Crippen LogP contribution in [0.25, 0.3) is 10.2 Å².